The number of carbonyl (C=O) groups is 1. The number of alkyl halides is 2. The number of aliphatic hydroxyl groups excluding tert-OH is 1. The monoisotopic (exact) mass is 487 g/mol. The lowest BCUT2D eigenvalue weighted by Gasteiger charge is -2.27. The fourth-order valence-electron chi connectivity index (χ4n) is 4.54. The van der Waals surface area contributed by atoms with Crippen LogP contribution >= 0.6 is 0 Å². The highest BCUT2D eigenvalue weighted by molar-refractivity contribution is 5.78. The Kier molecular flexibility index (Phi) is 6.73. The summed E-state index contributed by atoms with van der Waals surface area (Å²) in [6.07, 6.45) is -1.98. The molecule has 5 rings (SSSR count). The van der Waals surface area contributed by atoms with Crippen molar-refractivity contribution >= 4 is 28.7 Å². The Morgan fingerprint density at radius 1 is 1.17 bits per heavy atom. The van der Waals surface area contributed by atoms with E-state index in [0.717, 1.165) is 6.42 Å². The van der Waals surface area contributed by atoms with Gasteiger partial charge in [0.05, 0.1) is 24.2 Å². The zero-order valence-corrected chi connectivity index (χ0v) is 19.1. The molecule has 0 radical (unpaired) electrons. The van der Waals surface area contributed by atoms with Crippen molar-refractivity contribution in [3.8, 4) is 5.82 Å². The molecule has 0 bridgehead atoms. The van der Waals surface area contributed by atoms with E-state index in [0.29, 0.717) is 74.6 Å². The van der Waals surface area contributed by atoms with E-state index < -0.39 is 13.0 Å². The van der Waals surface area contributed by atoms with E-state index in [1.165, 1.54) is 4.57 Å². The average Bonchev–Trinajstić information content (AvgIpc) is 3.52. The molecule has 2 saturated heterocycles. The summed E-state index contributed by atoms with van der Waals surface area (Å²) in [5.74, 6) is 0.754. The molecule has 2 aliphatic heterocycles. The lowest BCUT2D eigenvalue weighted by Crippen LogP contribution is -2.37. The summed E-state index contributed by atoms with van der Waals surface area (Å²) in [6.45, 7) is 3.43. The summed E-state index contributed by atoms with van der Waals surface area (Å²) in [4.78, 5) is 28.8. The van der Waals surface area contributed by atoms with Gasteiger partial charge in [0.25, 0.3) is 6.43 Å². The Morgan fingerprint density at radius 2 is 1.97 bits per heavy atom. The molecular weight excluding hydrogens is 460 g/mol. The number of para-hydroxylation sites is 2. The Hall–Kier alpha value is -3.38. The number of nitrogens with zero attached hydrogens (tertiary/aromatic N) is 6. The Bertz CT molecular complexity index is 1200. The Labute approximate surface area is 200 Å². The van der Waals surface area contributed by atoms with E-state index in [-0.39, 0.29) is 17.6 Å². The molecule has 0 aliphatic carbocycles. The quantitative estimate of drug-likeness (QED) is 0.520. The first kappa shape index (κ1) is 23.4. The molecular formula is C23H27F2N7O3. The van der Waals surface area contributed by atoms with Crippen LogP contribution in [0.2, 0.25) is 0 Å². The number of nitrogens with one attached hydrogen (secondary N) is 1. The maximum Gasteiger partial charge on any atom is 0.296 e. The number of likely N-dealkylation sites (tertiary alicyclic amines) is 1. The van der Waals surface area contributed by atoms with Crippen LogP contribution in [0.4, 0.5) is 20.5 Å². The van der Waals surface area contributed by atoms with Gasteiger partial charge >= 0.3 is 0 Å². The van der Waals surface area contributed by atoms with Gasteiger partial charge in [-0.15, -0.1) is 0 Å². The van der Waals surface area contributed by atoms with Crippen molar-refractivity contribution < 1.29 is 23.4 Å². The normalized spacial score (nSPS) is 18.6. The first-order chi connectivity index (χ1) is 17.0. The standard InChI is InChI=1S/C23H27F2N7O3/c24-21(25)22-27-16-3-1-2-4-17(16)32(22)19-11-18(28-23(29-19)30-7-9-35-10-8-30)26-12-15-5-6-31(13-15)20(34)14-33/h1-4,11,15,21,33H,5-10,12-14H2,(H,26,28,29)/t15-/m1/s1. The first-order valence-electron chi connectivity index (χ1n) is 11.6. The average molecular weight is 488 g/mol. The predicted molar refractivity (Wildman–Crippen MR) is 125 cm³/mol. The van der Waals surface area contributed by atoms with Gasteiger partial charge in [0.1, 0.15) is 18.2 Å². The number of hydrogen-bond acceptors (Lipinski definition) is 8. The van der Waals surface area contributed by atoms with Crippen LogP contribution < -0.4 is 10.2 Å². The van der Waals surface area contributed by atoms with E-state index in [9.17, 15) is 13.6 Å². The third kappa shape index (κ3) is 4.89. The van der Waals surface area contributed by atoms with Gasteiger partial charge in [-0.25, -0.2) is 13.8 Å². The highest BCUT2D eigenvalue weighted by Crippen LogP contribution is 2.29. The van der Waals surface area contributed by atoms with Crippen LogP contribution in [0.15, 0.2) is 30.3 Å². The van der Waals surface area contributed by atoms with Gasteiger partial charge in [0.15, 0.2) is 5.82 Å². The number of ether oxygens (including phenoxy) is 1. The second-order valence-electron chi connectivity index (χ2n) is 8.64. The summed E-state index contributed by atoms with van der Waals surface area (Å²) in [7, 11) is 0. The van der Waals surface area contributed by atoms with E-state index in [4.69, 9.17) is 9.84 Å². The van der Waals surface area contributed by atoms with Crippen molar-refractivity contribution in [1.82, 2.24) is 24.4 Å². The molecule has 1 atom stereocenters. The summed E-state index contributed by atoms with van der Waals surface area (Å²) in [5.41, 5.74) is 0.998. The third-order valence-electron chi connectivity index (χ3n) is 6.35. The molecule has 4 heterocycles. The van der Waals surface area contributed by atoms with Gasteiger partial charge in [-0.05, 0) is 24.5 Å². The van der Waals surface area contributed by atoms with E-state index in [2.05, 4.69) is 20.3 Å². The van der Waals surface area contributed by atoms with Crippen molar-refractivity contribution in [2.75, 3.05) is 62.8 Å². The van der Waals surface area contributed by atoms with Gasteiger partial charge in [-0.3, -0.25) is 9.36 Å². The molecule has 0 unspecified atom stereocenters. The summed E-state index contributed by atoms with van der Waals surface area (Å²) in [5, 5.41) is 12.4. The van der Waals surface area contributed by atoms with Crippen molar-refractivity contribution in [1.29, 1.82) is 0 Å². The molecule has 2 fully saturated rings. The topological polar surface area (TPSA) is 109 Å². The molecule has 186 valence electrons. The molecule has 2 aliphatic rings. The number of rotatable bonds is 7. The molecule has 0 saturated carbocycles. The number of halogens is 2. The molecule has 1 amide bonds. The van der Waals surface area contributed by atoms with Crippen molar-refractivity contribution in [2.24, 2.45) is 5.92 Å². The Balaban J connectivity index is 1.48. The molecule has 2 aromatic heterocycles. The molecule has 0 spiro atoms. The fraction of sp³-hybridized carbons (Fsp3) is 0.478. The second kappa shape index (κ2) is 10.1. The minimum Gasteiger partial charge on any atom is -0.387 e. The van der Waals surface area contributed by atoms with E-state index in [1.54, 1.807) is 35.2 Å². The minimum atomic E-state index is -2.78. The highest BCUT2D eigenvalue weighted by Gasteiger charge is 2.27. The maximum absolute atomic E-state index is 14.0. The number of fused-ring (bicyclic) bond motifs is 1. The zero-order chi connectivity index (χ0) is 24.4. The smallest absolute Gasteiger partial charge is 0.296 e. The van der Waals surface area contributed by atoms with Crippen LogP contribution in [0.3, 0.4) is 0 Å². The number of aromatic nitrogens is 4. The minimum absolute atomic E-state index is 0.182. The molecule has 2 N–H and O–H groups in total. The lowest BCUT2D eigenvalue weighted by atomic mass is 10.1. The maximum atomic E-state index is 14.0. The van der Waals surface area contributed by atoms with Gasteiger partial charge in [0, 0.05) is 38.8 Å². The summed E-state index contributed by atoms with van der Waals surface area (Å²) < 4.78 is 34.8. The van der Waals surface area contributed by atoms with Crippen LogP contribution in [-0.4, -0.2) is 88.0 Å². The lowest BCUT2D eigenvalue weighted by molar-refractivity contribution is -0.133. The molecule has 12 heteroatoms. The molecule has 10 nitrogen and oxygen atoms in total. The van der Waals surface area contributed by atoms with Crippen molar-refractivity contribution in [3.05, 3.63) is 36.2 Å². The third-order valence-corrected chi connectivity index (χ3v) is 6.35. The van der Waals surface area contributed by atoms with Gasteiger partial charge in [-0.1, -0.05) is 12.1 Å². The number of hydrogen-bond donors (Lipinski definition) is 2. The molecule has 1 aromatic carbocycles. The largest absolute Gasteiger partial charge is 0.387 e. The zero-order valence-electron chi connectivity index (χ0n) is 19.1. The molecule has 3 aromatic rings. The predicted octanol–water partition coefficient (Wildman–Crippen LogP) is 1.84. The van der Waals surface area contributed by atoms with Gasteiger partial charge < -0.3 is 25.0 Å². The fourth-order valence-corrected chi connectivity index (χ4v) is 4.54. The number of anilines is 2. The van der Waals surface area contributed by atoms with Crippen molar-refractivity contribution in [3.63, 3.8) is 0 Å². The second-order valence-corrected chi connectivity index (χ2v) is 8.64. The van der Waals surface area contributed by atoms with Crippen LogP contribution in [0.5, 0.6) is 0 Å². The van der Waals surface area contributed by atoms with E-state index in [1.807, 2.05) is 4.90 Å². The number of benzene rings is 1. The van der Waals surface area contributed by atoms with Crippen LogP contribution in [0, 0.1) is 5.92 Å². The SMILES string of the molecule is O=C(CO)N1CC[C@H](CNc2cc(-n3c(C(F)F)nc4ccccc43)nc(N3CCOCC3)n2)C1. The number of imidazole rings is 1. The van der Waals surface area contributed by atoms with Gasteiger partial charge in [-0.2, -0.15) is 9.97 Å². The van der Waals surface area contributed by atoms with Crippen LogP contribution in [-0.2, 0) is 9.53 Å². The number of morpholine rings is 1. The number of carbonyl (C=O) groups excluding carboxylic acids is 1. The van der Waals surface area contributed by atoms with Crippen LogP contribution in [0.1, 0.15) is 18.7 Å². The summed E-state index contributed by atoms with van der Waals surface area (Å²) in [6, 6.07) is 8.62. The first-order valence-corrected chi connectivity index (χ1v) is 11.6. The van der Waals surface area contributed by atoms with Gasteiger partial charge in [0.2, 0.25) is 11.9 Å². The summed E-state index contributed by atoms with van der Waals surface area (Å²) >= 11 is 0. The number of amides is 1. The molecule has 35 heavy (non-hydrogen) atoms. The van der Waals surface area contributed by atoms with E-state index >= 15 is 0 Å². The van der Waals surface area contributed by atoms with Crippen LogP contribution in [0.25, 0.3) is 16.9 Å². The number of aliphatic hydroxyl groups is 1. The van der Waals surface area contributed by atoms with Crippen molar-refractivity contribution in [2.45, 2.75) is 12.8 Å². The highest BCUT2D eigenvalue weighted by atomic mass is 19.3. The Morgan fingerprint density at radius 3 is 2.74 bits per heavy atom.